The summed E-state index contributed by atoms with van der Waals surface area (Å²) in [4.78, 5) is 3.87. The van der Waals surface area contributed by atoms with Gasteiger partial charge in [-0.25, -0.2) is 4.39 Å². The van der Waals surface area contributed by atoms with Crippen molar-refractivity contribution in [1.29, 1.82) is 0 Å². The molecule has 88 valence electrons. The van der Waals surface area contributed by atoms with Crippen molar-refractivity contribution in [1.82, 2.24) is 4.98 Å². The summed E-state index contributed by atoms with van der Waals surface area (Å²) in [5, 5.41) is 10.1. The van der Waals surface area contributed by atoms with Crippen molar-refractivity contribution >= 4 is 0 Å². The van der Waals surface area contributed by atoms with Crippen LogP contribution in [0.1, 0.15) is 29.8 Å². The van der Waals surface area contributed by atoms with E-state index < -0.39 is 11.9 Å². The lowest BCUT2D eigenvalue weighted by Gasteiger charge is -2.10. The molecule has 2 aromatic rings. The number of rotatable bonds is 3. The lowest BCUT2D eigenvalue weighted by molar-refractivity contribution is 0.215. The van der Waals surface area contributed by atoms with Gasteiger partial charge in [0.2, 0.25) is 0 Å². The average Bonchev–Trinajstić information content (AvgIpc) is 2.39. The van der Waals surface area contributed by atoms with Gasteiger partial charge in [0.25, 0.3) is 0 Å². The van der Waals surface area contributed by atoms with Gasteiger partial charge in [0.1, 0.15) is 11.9 Å². The van der Waals surface area contributed by atoms with Crippen LogP contribution >= 0.6 is 0 Å². The summed E-state index contributed by atoms with van der Waals surface area (Å²) in [5.41, 5.74) is 2.44. The van der Waals surface area contributed by atoms with E-state index in [0.717, 1.165) is 18.2 Å². The first-order valence-electron chi connectivity index (χ1n) is 5.59. The fourth-order valence-corrected chi connectivity index (χ4v) is 1.66. The number of hydrogen-bond donors (Lipinski definition) is 1. The molecule has 3 heteroatoms. The SMILES string of the molecule is CCc1ccc(C(O)c2ccc(F)cn2)cc1. The van der Waals surface area contributed by atoms with Crippen LogP contribution in [0.15, 0.2) is 42.6 Å². The van der Waals surface area contributed by atoms with Crippen molar-refractivity contribution in [3.63, 3.8) is 0 Å². The molecule has 0 fully saturated rings. The van der Waals surface area contributed by atoms with Gasteiger partial charge in [-0.2, -0.15) is 0 Å². The molecule has 0 spiro atoms. The van der Waals surface area contributed by atoms with Gasteiger partial charge in [-0.05, 0) is 29.7 Å². The van der Waals surface area contributed by atoms with E-state index in [2.05, 4.69) is 11.9 Å². The monoisotopic (exact) mass is 231 g/mol. The Morgan fingerprint density at radius 1 is 1.18 bits per heavy atom. The molecule has 0 amide bonds. The predicted molar refractivity (Wildman–Crippen MR) is 64.1 cm³/mol. The van der Waals surface area contributed by atoms with Crippen LogP contribution in [0.5, 0.6) is 0 Å². The van der Waals surface area contributed by atoms with Gasteiger partial charge >= 0.3 is 0 Å². The highest BCUT2D eigenvalue weighted by atomic mass is 19.1. The number of hydrogen-bond acceptors (Lipinski definition) is 2. The molecule has 17 heavy (non-hydrogen) atoms. The summed E-state index contributed by atoms with van der Waals surface area (Å²) < 4.78 is 12.7. The molecular weight excluding hydrogens is 217 g/mol. The number of nitrogens with zero attached hydrogens (tertiary/aromatic N) is 1. The standard InChI is InChI=1S/C14H14FNO/c1-2-10-3-5-11(6-4-10)14(17)13-8-7-12(15)9-16-13/h3-9,14,17H,2H2,1H3. The summed E-state index contributed by atoms with van der Waals surface area (Å²) in [6, 6.07) is 10.5. The van der Waals surface area contributed by atoms with Crippen LogP contribution in [0.2, 0.25) is 0 Å². The minimum atomic E-state index is -0.804. The fourth-order valence-electron chi connectivity index (χ4n) is 1.66. The minimum absolute atomic E-state index is 0.401. The molecule has 0 aliphatic rings. The maximum atomic E-state index is 12.7. The summed E-state index contributed by atoms with van der Waals surface area (Å²) in [5.74, 6) is -0.401. The van der Waals surface area contributed by atoms with E-state index in [0.29, 0.717) is 5.69 Å². The van der Waals surface area contributed by atoms with Gasteiger partial charge < -0.3 is 5.11 Å². The minimum Gasteiger partial charge on any atom is -0.382 e. The maximum Gasteiger partial charge on any atom is 0.141 e. The summed E-state index contributed by atoms with van der Waals surface area (Å²) in [6.07, 6.45) is 1.27. The van der Waals surface area contributed by atoms with Crippen LogP contribution < -0.4 is 0 Å². The Balaban J connectivity index is 2.23. The van der Waals surface area contributed by atoms with E-state index in [4.69, 9.17) is 0 Å². The molecule has 1 unspecified atom stereocenters. The van der Waals surface area contributed by atoms with Crippen LogP contribution in [0.4, 0.5) is 4.39 Å². The van der Waals surface area contributed by atoms with Crippen LogP contribution in [0.25, 0.3) is 0 Å². The third-order valence-electron chi connectivity index (χ3n) is 2.73. The number of aromatic nitrogens is 1. The Labute approximate surface area is 99.8 Å². The van der Waals surface area contributed by atoms with Crippen LogP contribution in [-0.2, 0) is 6.42 Å². The predicted octanol–water partition coefficient (Wildman–Crippen LogP) is 2.86. The second-order valence-corrected chi connectivity index (χ2v) is 3.90. The van der Waals surface area contributed by atoms with Crippen LogP contribution in [0, 0.1) is 5.82 Å². The fraction of sp³-hybridized carbons (Fsp3) is 0.214. The summed E-state index contributed by atoms with van der Waals surface area (Å²) in [7, 11) is 0. The first kappa shape index (κ1) is 11.7. The smallest absolute Gasteiger partial charge is 0.141 e. The molecule has 0 aliphatic carbocycles. The molecule has 1 atom stereocenters. The van der Waals surface area contributed by atoms with E-state index in [-0.39, 0.29) is 0 Å². The molecular formula is C14H14FNO. The molecule has 0 aliphatic heterocycles. The molecule has 0 saturated carbocycles. The van der Waals surface area contributed by atoms with Gasteiger partial charge in [-0.15, -0.1) is 0 Å². The van der Waals surface area contributed by atoms with Gasteiger partial charge in [0.05, 0.1) is 11.9 Å². The van der Waals surface area contributed by atoms with Crippen molar-refractivity contribution in [3.05, 3.63) is 65.2 Å². The van der Waals surface area contributed by atoms with Crippen molar-refractivity contribution in [3.8, 4) is 0 Å². The van der Waals surface area contributed by atoms with Gasteiger partial charge in [0, 0.05) is 0 Å². The zero-order chi connectivity index (χ0) is 12.3. The molecule has 1 heterocycles. The van der Waals surface area contributed by atoms with Crippen molar-refractivity contribution in [2.24, 2.45) is 0 Å². The average molecular weight is 231 g/mol. The second kappa shape index (κ2) is 5.06. The summed E-state index contributed by atoms with van der Waals surface area (Å²) in [6.45, 7) is 2.08. The molecule has 1 aromatic heterocycles. The maximum absolute atomic E-state index is 12.7. The molecule has 2 rings (SSSR count). The summed E-state index contributed by atoms with van der Waals surface area (Å²) >= 11 is 0. The molecule has 1 aromatic carbocycles. The lowest BCUT2D eigenvalue weighted by Crippen LogP contribution is -2.02. The lowest BCUT2D eigenvalue weighted by atomic mass is 10.0. The zero-order valence-corrected chi connectivity index (χ0v) is 9.60. The zero-order valence-electron chi connectivity index (χ0n) is 9.60. The Morgan fingerprint density at radius 2 is 1.88 bits per heavy atom. The van der Waals surface area contributed by atoms with E-state index in [1.165, 1.54) is 17.7 Å². The number of halogens is 1. The van der Waals surface area contributed by atoms with E-state index >= 15 is 0 Å². The highest BCUT2D eigenvalue weighted by molar-refractivity contribution is 5.29. The second-order valence-electron chi connectivity index (χ2n) is 3.90. The first-order chi connectivity index (χ1) is 8.20. The van der Waals surface area contributed by atoms with Crippen LogP contribution in [-0.4, -0.2) is 10.1 Å². The Bertz CT molecular complexity index is 479. The number of aliphatic hydroxyl groups is 1. The Hall–Kier alpha value is -1.74. The Morgan fingerprint density at radius 3 is 2.41 bits per heavy atom. The third kappa shape index (κ3) is 2.68. The largest absolute Gasteiger partial charge is 0.382 e. The number of benzene rings is 1. The normalized spacial score (nSPS) is 12.4. The van der Waals surface area contributed by atoms with E-state index in [9.17, 15) is 9.50 Å². The van der Waals surface area contributed by atoms with Gasteiger partial charge in [0.15, 0.2) is 0 Å². The highest BCUT2D eigenvalue weighted by Crippen LogP contribution is 2.20. The van der Waals surface area contributed by atoms with Crippen molar-refractivity contribution in [2.45, 2.75) is 19.4 Å². The number of aliphatic hydroxyl groups excluding tert-OH is 1. The van der Waals surface area contributed by atoms with E-state index in [1.807, 2.05) is 24.3 Å². The topological polar surface area (TPSA) is 33.1 Å². The Kier molecular flexibility index (Phi) is 3.49. The van der Waals surface area contributed by atoms with Gasteiger partial charge in [-0.1, -0.05) is 31.2 Å². The molecule has 1 N–H and O–H groups in total. The molecule has 2 nitrogen and oxygen atoms in total. The van der Waals surface area contributed by atoms with E-state index in [1.54, 1.807) is 0 Å². The first-order valence-corrected chi connectivity index (χ1v) is 5.59. The van der Waals surface area contributed by atoms with Crippen LogP contribution in [0.3, 0.4) is 0 Å². The number of pyridine rings is 1. The molecule has 0 saturated heterocycles. The molecule has 0 radical (unpaired) electrons. The molecule has 0 bridgehead atoms. The van der Waals surface area contributed by atoms with Crippen molar-refractivity contribution < 1.29 is 9.50 Å². The highest BCUT2D eigenvalue weighted by Gasteiger charge is 2.11. The quantitative estimate of drug-likeness (QED) is 0.881. The third-order valence-corrected chi connectivity index (χ3v) is 2.73. The van der Waals surface area contributed by atoms with Gasteiger partial charge in [-0.3, -0.25) is 4.98 Å². The van der Waals surface area contributed by atoms with Crippen molar-refractivity contribution in [2.75, 3.05) is 0 Å². The number of aryl methyl sites for hydroxylation is 1.